The standard InChI is InChI=1S/C11H6F9/c1-6-4-2-3-5-7(6)8(12,13)9(14,15)10(16,17)11(18,19)20/h2-5H,1H2. The van der Waals surface area contributed by atoms with Gasteiger partial charge < -0.3 is 0 Å². The van der Waals surface area contributed by atoms with E-state index in [9.17, 15) is 39.5 Å². The lowest BCUT2D eigenvalue weighted by Gasteiger charge is -2.34. The Morgan fingerprint density at radius 3 is 1.55 bits per heavy atom. The minimum atomic E-state index is -6.90. The van der Waals surface area contributed by atoms with Crippen LogP contribution < -0.4 is 0 Å². The maximum atomic E-state index is 13.5. The third-order valence-electron chi connectivity index (χ3n) is 2.50. The number of alkyl halides is 9. The summed E-state index contributed by atoms with van der Waals surface area (Å²) in [4.78, 5) is 0. The Morgan fingerprint density at radius 1 is 0.700 bits per heavy atom. The molecule has 0 amide bonds. The molecule has 1 radical (unpaired) electrons. The maximum Gasteiger partial charge on any atom is 0.460 e. The van der Waals surface area contributed by atoms with E-state index < -0.39 is 35.1 Å². The van der Waals surface area contributed by atoms with Crippen LogP contribution in [0.15, 0.2) is 24.3 Å². The van der Waals surface area contributed by atoms with Crippen molar-refractivity contribution in [3.05, 3.63) is 42.3 Å². The van der Waals surface area contributed by atoms with Crippen molar-refractivity contribution in [1.29, 1.82) is 0 Å². The zero-order valence-electron chi connectivity index (χ0n) is 9.42. The van der Waals surface area contributed by atoms with Gasteiger partial charge in [-0.3, -0.25) is 0 Å². The first kappa shape index (κ1) is 16.6. The van der Waals surface area contributed by atoms with Crippen molar-refractivity contribution in [3.63, 3.8) is 0 Å². The third kappa shape index (κ3) is 2.22. The Bertz CT molecular complexity index is 487. The molecule has 0 fully saturated rings. The molecule has 0 atom stereocenters. The monoisotopic (exact) mass is 309 g/mol. The van der Waals surface area contributed by atoms with Gasteiger partial charge in [0.25, 0.3) is 0 Å². The summed E-state index contributed by atoms with van der Waals surface area (Å²) in [7, 11) is 0. The molecule has 0 aliphatic rings. The number of rotatable bonds is 3. The van der Waals surface area contributed by atoms with Crippen molar-refractivity contribution in [2.75, 3.05) is 0 Å². The summed E-state index contributed by atoms with van der Waals surface area (Å²) in [6.07, 6.45) is -6.82. The fourth-order valence-corrected chi connectivity index (χ4v) is 1.37. The first-order chi connectivity index (χ1) is 8.77. The zero-order valence-corrected chi connectivity index (χ0v) is 9.42. The van der Waals surface area contributed by atoms with E-state index >= 15 is 0 Å². The van der Waals surface area contributed by atoms with E-state index in [0.29, 0.717) is 6.07 Å². The van der Waals surface area contributed by atoms with Gasteiger partial charge in [-0.15, -0.1) is 0 Å². The smallest absolute Gasteiger partial charge is 0.194 e. The predicted octanol–water partition coefficient (Wildman–Crippen LogP) is 4.79. The minimum absolute atomic E-state index is 0.308. The van der Waals surface area contributed by atoms with E-state index in [1.54, 1.807) is 0 Å². The lowest BCUT2D eigenvalue weighted by atomic mass is 9.94. The first-order valence-corrected chi connectivity index (χ1v) is 4.88. The summed E-state index contributed by atoms with van der Waals surface area (Å²) in [6.45, 7) is 2.91. The van der Waals surface area contributed by atoms with Gasteiger partial charge in [-0.1, -0.05) is 24.3 Å². The fourth-order valence-electron chi connectivity index (χ4n) is 1.37. The molecule has 0 saturated heterocycles. The number of hydrogen-bond acceptors (Lipinski definition) is 0. The lowest BCUT2D eigenvalue weighted by molar-refractivity contribution is -0.399. The Kier molecular flexibility index (Phi) is 3.79. The first-order valence-electron chi connectivity index (χ1n) is 4.88. The number of benzene rings is 1. The Balaban J connectivity index is 3.44. The van der Waals surface area contributed by atoms with Crippen molar-refractivity contribution in [2.24, 2.45) is 0 Å². The molecule has 0 nitrogen and oxygen atoms in total. The quantitative estimate of drug-likeness (QED) is 0.704. The van der Waals surface area contributed by atoms with E-state index in [2.05, 4.69) is 6.92 Å². The minimum Gasteiger partial charge on any atom is -0.194 e. The van der Waals surface area contributed by atoms with Crippen molar-refractivity contribution in [3.8, 4) is 0 Å². The Hall–Kier alpha value is -1.41. The molecular formula is C11H6F9. The second kappa shape index (κ2) is 4.56. The molecule has 0 unspecified atom stereocenters. The van der Waals surface area contributed by atoms with Gasteiger partial charge >= 0.3 is 23.9 Å². The van der Waals surface area contributed by atoms with Crippen LogP contribution in [0.25, 0.3) is 0 Å². The van der Waals surface area contributed by atoms with Gasteiger partial charge in [-0.25, -0.2) is 0 Å². The molecule has 1 aromatic rings. The summed E-state index contributed by atoms with van der Waals surface area (Å²) < 4.78 is 114. The highest BCUT2D eigenvalue weighted by atomic mass is 19.4. The molecule has 0 aliphatic carbocycles. The SMILES string of the molecule is [CH2]c1ccccc1C(F)(F)C(F)(F)C(F)(F)C(F)(F)F. The lowest BCUT2D eigenvalue weighted by Crippen LogP contribution is -2.59. The van der Waals surface area contributed by atoms with Crippen molar-refractivity contribution in [1.82, 2.24) is 0 Å². The van der Waals surface area contributed by atoms with Crippen LogP contribution in [0.1, 0.15) is 11.1 Å². The van der Waals surface area contributed by atoms with Gasteiger partial charge in [0.2, 0.25) is 0 Å². The second-order valence-corrected chi connectivity index (χ2v) is 3.88. The molecule has 113 valence electrons. The molecule has 1 rings (SSSR count). The molecular weight excluding hydrogens is 303 g/mol. The Labute approximate surface area is 107 Å². The highest BCUT2D eigenvalue weighted by Gasteiger charge is 2.82. The molecule has 0 heterocycles. The number of hydrogen-bond donors (Lipinski definition) is 0. The summed E-state index contributed by atoms with van der Waals surface area (Å²) in [5.74, 6) is -19.3. The average molecular weight is 309 g/mol. The van der Waals surface area contributed by atoms with Crippen LogP contribution in [0.2, 0.25) is 0 Å². The Morgan fingerprint density at radius 2 is 1.15 bits per heavy atom. The van der Waals surface area contributed by atoms with Crippen LogP contribution in [0.5, 0.6) is 0 Å². The van der Waals surface area contributed by atoms with Gasteiger partial charge in [-0.2, -0.15) is 39.5 Å². The molecule has 9 heteroatoms. The molecule has 0 N–H and O–H groups in total. The van der Waals surface area contributed by atoms with Crippen molar-refractivity contribution in [2.45, 2.75) is 23.9 Å². The summed E-state index contributed by atoms with van der Waals surface area (Å²) in [6, 6.07) is 2.97. The fraction of sp³-hybridized carbons (Fsp3) is 0.364. The molecule has 0 saturated carbocycles. The normalized spacial score (nSPS) is 14.5. The van der Waals surface area contributed by atoms with Gasteiger partial charge in [0.15, 0.2) is 0 Å². The summed E-state index contributed by atoms with van der Waals surface area (Å²) in [5.41, 5.74) is -2.48. The third-order valence-corrected chi connectivity index (χ3v) is 2.50. The van der Waals surface area contributed by atoms with E-state index in [1.165, 1.54) is 0 Å². The van der Waals surface area contributed by atoms with Crippen LogP contribution >= 0.6 is 0 Å². The van der Waals surface area contributed by atoms with E-state index in [0.717, 1.165) is 18.2 Å². The largest absolute Gasteiger partial charge is 0.460 e. The van der Waals surface area contributed by atoms with E-state index in [4.69, 9.17) is 0 Å². The van der Waals surface area contributed by atoms with Crippen LogP contribution in [0.4, 0.5) is 39.5 Å². The van der Waals surface area contributed by atoms with Gasteiger partial charge in [0.05, 0.1) is 0 Å². The molecule has 0 bridgehead atoms. The predicted molar refractivity (Wildman–Crippen MR) is 50.7 cm³/mol. The second-order valence-electron chi connectivity index (χ2n) is 3.88. The molecule has 0 aromatic heterocycles. The topological polar surface area (TPSA) is 0 Å². The van der Waals surface area contributed by atoms with Crippen LogP contribution in [-0.2, 0) is 5.92 Å². The summed E-state index contributed by atoms with van der Waals surface area (Å²) >= 11 is 0. The van der Waals surface area contributed by atoms with Gasteiger partial charge in [-0.05, 0) is 12.5 Å². The number of halogens is 9. The van der Waals surface area contributed by atoms with Crippen LogP contribution in [-0.4, -0.2) is 18.0 Å². The van der Waals surface area contributed by atoms with Crippen LogP contribution in [0.3, 0.4) is 0 Å². The highest BCUT2D eigenvalue weighted by molar-refractivity contribution is 5.35. The van der Waals surface area contributed by atoms with E-state index in [1.807, 2.05) is 0 Å². The average Bonchev–Trinajstić information content (AvgIpc) is 2.27. The van der Waals surface area contributed by atoms with Crippen molar-refractivity contribution < 1.29 is 39.5 Å². The molecule has 1 aromatic carbocycles. The summed E-state index contributed by atoms with van der Waals surface area (Å²) in [5, 5.41) is 0. The zero-order chi connectivity index (χ0) is 16.0. The van der Waals surface area contributed by atoms with Gasteiger partial charge in [0.1, 0.15) is 0 Å². The van der Waals surface area contributed by atoms with Gasteiger partial charge in [0, 0.05) is 5.56 Å². The highest BCUT2D eigenvalue weighted by Crippen LogP contribution is 2.56. The molecule has 0 spiro atoms. The molecule has 0 aliphatic heterocycles. The van der Waals surface area contributed by atoms with Crippen LogP contribution in [0, 0.1) is 6.92 Å². The molecule has 20 heavy (non-hydrogen) atoms. The van der Waals surface area contributed by atoms with Crippen molar-refractivity contribution >= 4 is 0 Å². The maximum absolute atomic E-state index is 13.5. The van der Waals surface area contributed by atoms with E-state index in [-0.39, 0.29) is 0 Å².